The third-order valence-electron chi connectivity index (χ3n) is 4.05. The molecule has 1 aliphatic heterocycles. The molecule has 120 valence electrons. The number of carbonyl (C=O) groups is 1. The third kappa shape index (κ3) is 3.06. The summed E-state index contributed by atoms with van der Waals surface area (Å²) >= 11 is 0. The first-order chi connectivity index (χ1) is 10.2. The summed E-state index contributed by atoms with van der Waals surface area (Å²) in [5, 5.41) is 14.2. The number of pyridine rings is 1. The van der Waals surface area contributed by atoms with E-state index in [9.17, 15) is 4.79 Å². The number of hydrogen-bond acceptors (Lipinski definition) is 5. The van der Waals surface area contributed by atoms with Crippen LogP contribution in [0.2, 0.25) is 0 Å². The quantitative estimate of drug-likeness (QED) is 0.772. The summed E-state index contributed by atoms with van der Waals surface area (Å²) in [6, 6.07) is 3.79. The van der Waals surface area contributed by atoms with Crippen LogP contribution in [0.15, 0.2) is 18.3 Å². The molecule has 0 aromatic carbocycles. The first-order valence-electron chi connectivity index (χ1n) is 7.07. The number of amides is 1. The maximum absolute atomic E-state index is 12.5. The second-order valence-corrected chi connectivity index (χ2v) is 5.21. The van der Waals surface area contributed by atoms with Gasteiger partial charge in [0.05, 0.1) is 12.2 Å². The lowest BCUT2D eigenvalue weighted by atomic mass is 9.91. The van der Waals surface area contributed by atoms with Gasteiger partial charge >= 0.3 is 0 Å². The normalized spacial score (nSPS) is 17.0. The molecule has 0 unspecified atom stereocenters. The number of fused-ring (bicyclic) bond motifs is 1. The summed E-state index contributed by atoms with van der Waals surface area (Å²) in [6.07, 6.45) is 3.06. The molecule has 0 bridgehead atoms. The molecule has 2 aromatic rings. The standard InChI is InChI=1S/C14H19N5O2.ClH/c1-21-14(4-7-15-8-5-14)13(20)17-9-11-10-3-2-6-16-12(10)19-18-11;/h2-3,6,15H,4-5,7-9H2,1H3,(H,17,20)(H,16,18,19);1H. The fraction of sp³-hybridized carbons (Fsp3) is 0.500. The molecule has 0 spiro atoms. The van der Waals surface area contributed by atoms with Crippen molar-refractivity contribution in [2.24, 2.45) is 0 Å². The SMILES string of the molecule is COC1(C(=O)NCc2[nH]nc3ncccc23)CCNCC1.Cl. The van der Waals surface area contributed by atoms with Crippen LogP contribution >= 0.6 is 12.4 Å². The maximum atomic E-state index is 12.5. The number of halogens is 1. The highest BCUT2D eigenvalue weighted by atomic mass is 35.5. The molecule has 0 saturated carbocycles. The summed E-state index contributed by atoms with van der Waals surface area (Å²) in [4.78, 5) is 16.6. The number of carbonyl (C=O) groups excluding carboxylic acids is 1. The highest BCUT2D eigenvalue weighted by Gasteiger charge is 2.39. The molecule has 1 saturated heterocycles. The monoisotopic (exact) mass is 325 g/mol. The van der Waals surface area contributed by atoms with Crippen molar-refractivity contribution in [3.05, 3.63) is 24.0 Å². The fourth-order valence-corrected chi connectivity index (χ4v) is 2.72. The van der Waals surface area contributed by atoms with E-state index in [1.165, 1.54) is 0 Å². The number of hydrogen-bond donors (Lipinski definition) is 3. The van der Waals surface area contributed by atoms with E-state index in [1.54, 1.807) is 13.3 Å². The Balaban J connectivity index is 0.00000176. The van der Waals surface area contributed by atoms with Crippen LogP contribution in [0.4, 0.5) is 0 Å². The highest BCUT2D eigenvalue weighted by molar-refractivity contribution is 5.86. The van der Waals surface area contributed by atoms with Gasteiger partial charge in [-0.05, 0) is 38.1 Å². The van der Waals surface area contributed by atoms with Gasteiger partial charge in [0.15, 0.2) is 5.65 Å². The number of methoxy groups -OCH3 is 1. The van der Waals surface area contributed by atoms with Gasteiger partial charge in [-0.3, -0.25) is 9.89 Å². The minimum Gasteiger partial charge on any atom is -0.368 e. The lowest BCUT2D eigenvalue weighted by Gasteiger charge is -2.34. The fourth-order valence-electron chi connectivity index (χ4n) is 2.72. The molecule has 8 heteroatoms. The van der Waals surface area contributed by atoms with Crippen molar-refractivity contribution >= 4 is 29.3 Å². The van der Waals surface area contributed by atoms with E-state index in [1.807, 2.05) is 12.1 Å². The molecule has 22 heavy (non-hydrogen) atoms. The van der Waals surface area contributed by atoms with Crippen LogP contribution in [-0.4, -0.2) is 46.9 Å². The molecule has 2 aromatic heterocycles. The summed E-state index contributed by atoms with van der Waals surface area (Å²) < 4.78 is 5.51. The Morgan fingerprint density at radius 2 is 2.23 bits per heavy atom. The zero-order chi connectivity index (χ0) is 14.7. The highest BCUT2D eigenvalue weighted by Crippen LogP contribution is 2.23. The van der Waals surface area contributed by atoms with Crippen molar-refractivity contribution in [2.75, 3.05) is 20.2 Å². The molecule has 0 atom stereocenters. The zero-order valence-electron chi connectivity index (χ0n) is 12.4. The average Bonchev–Trinajstić information content (AvgIpc) is 2.96. The van der Waals surface area contributed by atoms with Gasteiger partial charge in [0.25, 0.3) is 5.91 Å². The van der Waals surface area contributed by atoms with Crippen molar-refractivity contribution in [3.8, 4) is 0 Å². The van der Waals surface area contributed by atoms with Crippen molar-refractivity contribution in [3.63, 3.8) is 0 Å². The van der Waals surface area contributed by atoms with E-state index < -0.39 is 5.60 Å². The molecule has 0 radical (unpaired) electrons. The molecule has 3 N–H and O–H groups in total. The number of ether oxygens (including phenoxy) is 1. The summed E-state index contributed by atoms with van der Waals surface area (Å²) in [6.45, 7) is 1.97. The van der Waals surface area contributed by atoms with Gasteiger partial charge in [0, 0.05) is 18.7 Å². The van der Waals surface area contributed by atoms with E-state index in [4.69, 9.17) is 4.74 Å². The van der Waals surface area contributed by atoms with Gasteiger partial charge in [-0.1, -0.05) is 0 Å². The molecular formula is C14H20ClN5O2. The summed E-state index contributed by atoms with van der Waals surface area (Å²) in [5.74, 6) is -0.0712. The number of aromatic amines is 1. The third-order valence-corrected chi connectivity index (χ3v) is 4.05. The van der Waals surface area contributed by atoms with E-state index in [0.29, 0.717) is 25.0 Å². The number of aromatic nitrogens is 3. The predicted molar refractivity (Wildman–Crippen MR) is 84.8 cm³/mol. The summed E-state index contributed by atoms with van der Waals surface area (Å²) in [7, 11) is 1.60. The Morgan fingerprint density at radius 1 is 1.45 bits per heavy atom. The Morgan fingerprint density at radius 3 is 2.95 bits per heavy atom. The van der Waals surface area contributed by atoms with Crippen molar-refractivity contribution in [2.45, 2.75) is 25.0 Å². The second kappa shape index (κ2) is 7.04. The van der Waals surface area contributed by atoms with Crippen LogP contribution < -0.4 is 10.6 Å². The first kappa shape index (κ1) is 16.7. The minimum atomic E-state index is -0.723. The molecule has 3 heterocycles. The second-order valence-electron chi connectivity index (χ2n) is 5.21. The average molecular weight is 326 g/mol. The predicted octanol–water partition coefficient (Wildman–Crippen LogP) is 0.764. The smallest absolute Gasteiger partial charge is 0.252 e. The van der Waals surface area contributed by atoms with Crippen LogP contribution in [0.25, 0.3) is 11.0 Å². The van der Waals surface area contributed by atoms with E-state index in [2.05, 4.69) is 25.8 Å². The number of nitrogens with zero attached hydrogens (tertiary/aromatic N) is 2. The van der Waals surface area contributed by atoms with E-state index >= 15 is 0 Å². The number of nitrogens with one attached hydrogen (secondary N) is 3. The number of piperidine rings is 1. The lowest BCUT2D eigenvalue weighted by Crippen LogP contribution is -2.53. The maximum Gasteiger partial charge on any atom is 0.252 e. The van der Waals surface area contributed by atoms with Gasteiger partial charge in [-0.15, -0.1) is 12.4 Å². The van der Waals surface area contributed by atoms with Crippen molar-refractivity contribution < 1.29 is 9.53 Å². The van der Waals surface area contributed by atoms with Crippen LogP contribution in [0.3, 0.4) is 0 Å². The van der Waals surface area contributed by atoms with Crippen molar-refractivity contribution in [1.82, 2.24) is 25.8 Å². The lowest BCUT2D eigenvalue weighted by molar-refractivity contribution is -0.146. The topological polar surface area (TPSA) is 91.9 Å². The molecule has 1 amide bonds. The van der Waals surface area contributed by atoms with Gasteiger partial charge < -0.3 is 15.4 Å². The van der Waals surface area contributed by atoms with E-state index in [0.717, 1.165) is 24.2 Å². The first-order valence-corrected chi connectivity index (χ1v) is 7.07. The molecule has 7 nitrogen and oxygen atoms in total. The van der Waals surface area contributed by atoms with Crippen LogP contribution in [0.5, 0.6) is 0 Å². The number of rotatable bonds is 4. The van der Waals surface area contributed by atoms with Crippen LogP contribution in [-0.2, 0) is 16.1 Å². The van der Waals surface area contributed by atoms with Gasteiger partial charge in [-0.2, -0.15) is 5.10 Å². The van der Waals surface area contributed by atoms with Crippen LogP contribution in [0.1, 0.15) is 18.5 Å². The molecular weight excluding hydrogens is 306 g/mol. The molecule has 1 fully saturated rings. The van der Waals surface area contributed by atoms with E-state index in [-0.39, 0.29) is 18.3 Å². The van der Waals surface area contributed by atoms with Gasteiger partial charge in [0.2, 0.25) is 0 Å². The van der Waals surface area contributed by atoms with Gasteiger partial charge in [0.1, 0.15) is 5.60 Å². The Labute approximate surface area is 134 Å². The Bertz CT molecular complexity index is 639. The Kier molecular flexibility index (Phi) is 5.33. The Hall–Kier alpha value is -1.70. The largest absolute Gasteiger partial charge is 0.368 e. The summed E-state index contributed by atoms with van der Waals surface area (Å²) in [5.41, 5.74) is 0.788. The number of H-pyrrole nitrogens is 1. The zero-order valence-corrected chi connectivity index (χ0v) is 13.2. The van der Waals surface area contributed by atoms with Crippen molar-refractivity contribution in [1.29, 1.82) is 0 Å². The minimum absolute atomic E-state index is 0. The molecule has 3 rings (SSSR count). The molecule has 1 aliphatic rings. The van der Waals surface area contributed by atoms with Crippen LogP contribution in [0, 0.1) is 0 Å². The van der Waals surface area contributed by atoms with Gasteiger partial charge in [-0.25, -0.2) is 4.98 Å². The molecule has 0 aliphatic carbocycles.